The van der Waals surface area contributed by atoms with Gasteiger partial charge in [-0.1, -0.05) is 0 Å². The van der Waals surface area contributed by atoms with Crippen LogP contribution >= 0.6 is 0 Å². The molecule has 0 saturated carbocycles. The first kappa shape index (κ1) is 20.2. The molecule has 144 valence electrons. The van der Waals surface area contributed by atoms with Crippen molar-refractivity contribution in [2.24, 2.45) is 0 Å². The van der Waals surface area contributed by atoms with E-state index in [0.717, 1.165) is 38.0 Å². The summed E-state index contributed by atoms with van der Waals surface area (Å²) in [5.74, 6) is -0.380. The van der Waals surface area contributed by atoms with E-state index < -0.39 is 0 Å². The molecule has 2 N–H and O–H groups in total. The van der Waals surface area contributed by atoms with Gasteiger partial charge in [0.05, 0.1) is 5.56 Å². The zero-order chi connectivity index (χ0) is 18.8. The van der Waals surface area contributed by atoms with Crippen molar-refractivity contribution in [3.05, 3.63) is 23.8 Å². The van der Waals surface area contributed by atoms with Crippen molar-refractivity contribution < 1.29 is 19.1 Å². The Bertz CT molecular complexity index is 600. The summed E-state index contributed by atoms with van der Waals surface area (Å²) in [7, 11) is 3.11. The summed E-state index contributed by atoms with van der Waals surface area (Å²) < 4.78 is 9.85. The molecule has 1 aliphatic heterocycles. The average molecular weight is 363 g/mol. The van der Waals surface area contributed by atoms with Crippen LogP contribution in [0.5, 0.6) is 0 Å². The van der Waals surface area contributed by atoms with E-state index in [1.807, 2.05) is 12.1 Å². The summed E-state index contributed by atoms with van der Waals surface area (Å²) in [6, 6.07) is 5.49. The average Bonchev–Trinajstić information content (AvgIpc) is 2.66. The third-order valence-electron chi connectivity index (χ3n) is 4.31. The summed E-state index contributed by atoms with van der Waals surface area (Å²) in [6.07, 6.45) is 4.23. The molecule has 0 aliphatic carbocycles. The highest BCUT2D eigenvalue weighted by Crippen LogP contribution is 2.27. The van der Waals surface area contributed by atoms with Crippen LogP contribution in [0.3, 0.4) is 0 Å². The molecule has 0 spiro atoms. The molecule has 2 amide bonds. The van der Waals surface area contributed by atoms with E-state index in [-0.39, 0.29) is 18.4 Å². The van der Waals surface area contributed by atoms with E-state index in [1.54, 1.807) is 13.2 Å². The van der Waals surface area contributed by atoms with E-state index in [9.17, 15) is 9.59 Å². The Labute approximate surface area is 155 Å². The summed E-state index contributed by atoms with van der Waals surface area (Å²) in [6.45, 7) is 3.02. The Balaban J connectivity index is 2.17. The summed E-state index contributed by atoms with van der Waals surface area (Å²) >= 11 is 0. The van der Waals surface area contributed by atoms with Crippen molar-refractivity contribution in [2.75, 3.05) is 57.3 Å². The van der Waals surface area contributed by atoms with Gasteiger partial charge < -0.3 is 25.0 Å². The Morgan fingerprint density at radius 2 is 1.88 bits per heavy atom. The van der Waals surface area contributed by atoms with E-state index in [4.69, 9.17) is 9.47 Å². The minimum atomic E-state index is -0.246. The predicted octanol–water partition coefficient (Wildman–Crippen LogP) is 2.03. The van der Waals surface area contributed by atoms with Gasteiger partial charge in [0.2, 0.25) is 5.91 Å². The molecule has 7 heteroatoms. The molecule has 2 rings (SSSR count). The molecule has 1 aromatic carbocycles. The number of nitrogens with zero attached hydrogens (tertiary/aromatic N) is 1. The van der Waals surface area contributed by atoms with Crippen molar-refractivity contribution in [1.82, 2.24) is 5.32 Å². The van der Waals surface area contributed by atoms with Crippen LogP contribution in [0.25, 0.3) is 0 Å². The molecule has 0 unspecified atom stereocenters. The molecule has 1 aliphatic rings. The SMILES string of the molecule is COCCCNC(=O)c1cc(NC(=O)COC)ccc1N1CCCCC1. The van der Waals surface area contributed by atoms with Crippen molar-refractivity contribution >= 4 is 23.2 Å². The fraction of sp³-hybridized carbons (Fsp3) is 0.579. The number of hydrogen-bond acceptors (Lipinski definition) is 5. The second-order valence-electron chi connectivity index (χ2n) is 6.36. The Morgan fingerprint density at radius 1 is 1.12 bits per heavy atom. The second kappa shape index (κ2) is 10.8. The zero-order valence-corrected chi connectivity index (χ0v) is 15.7. The van der Waals surface area contributed by atoms with E-state index >= 15 is 0 Å². The van der Waals surface area contributed by atoms with Gasteiger partial charge in [-0.25, -0.2) is 0 Å². The number of nitrogens with one attached hydrogen (secondary N) is 2. The Kier molecular flexibility index (Phi) is 8.37. The third-order valence-corrected chi connectivity index (χ3v) is 4.31. The molecule has 0 bridgehead atoms. The van der Waals surface area contributed by atoms with Crippen molar-refractivity contribution in [1.29, 1.82) is 0 Å². The van der Waals surface area contributed by atoms with Crippen LogP contribution in [-0.2, 0) is 14.3 Å². The van der Waals surface area contributed by atoms with Crippen molar-refractivity contribution in [3.8, 4) is 0 Å². The van der Waals surface area contributed by atoms with Gasteiger partial charge in [-0.15, -0.1) is 0 Å². The number of carbonyl (C=O) groups excluding carboxylic acids is 2. The number of ether oxygens (including phenoxy) is 2. The van der Waals surface area contributed by atoms with Gasteiger partial charge in [0, 0.05) is 51.8 Å². The highest BCUT2D eigenvalue weighted by molar-refractivity contribution is 6.02. The van der Waals surface area contributed by atoms with Crippen LogP contribution in [0.2, 0.25) is 0 Å². The number of rotatable bonds is 9. The third kappa shape index (κ3) is 6.00. The van der Waals surface area contributed by atoms with E-state index in [1.165, 1.54) is 13.5 Å². The first-order valence-electron chi connectivity index (χ1n) is 9.10. The number of hydrogen-bond donors (Lipinski definition) is 2. The molecular weight excluding hydrogens is 334 g/mol. The minimum absolute atomic E-state index is 0.0214. The highest BCUT2D eigenvalue weighted by atomic mass is 16.5. The molecule has 0 radical (unpaired) electrons. The zero-order valence-electron chi connectivity index (χ0n) is 15.7. The number of benzene rings is 1. The van der Waals surface area contributed by atoms with Gasteiger partial charge in [0.1, 0.15) is 6.61 Å². The lowest BCUT2D eigenvalue weighted by molar-refractivity contribution is -0.119. The fourth-order valence-electron chi connectivity index (χ4n) is 3.05. The van der Waals surface area contributed by atoms with E-state index in [0.29, 0.717) is 24.4 Å². The Hall–Kier alpha value is -2.12. The molecular formula is C19H29N3O4. The van der Waals surface area contributed by atoms with Crippen LogP contribution in [0.1, 0.15) is 36.0 Å². The van der Waals surface area contributed by atoms with Crippen molar-refractivity contribution in [2.45, 2.75) is 25.7 Å². The first-order chi connectivity index (χ1) is 12.7. The maximum Gasteiger partial charge on any atom is 0.253 e. The Morgan fingerprint density at radius 3 is 2.58 bits per heavy atom. The predicted molar refractivity (Wildman–Crippen MR) is 102 cm³/mol. The van der Waals surface area contributed by atoms with Gasteiger partial charge in [-0.05, 0) is 43.9 Å². The summed E-state index contributed by atoms with van der Waals surface area (Å²) in [5, 5.41) is 5.70. The highest BCUT2D eigenvalue weighted by Gasteiger charge is 2.19. The standard InChI is InChI=1S/C19H29N3O4/c1-25-12-6-9-20-19(24)16-13-15(21-18(23)14-26-2)7-8-17(16)22-10-4-3-5-11-22/h7-8,13H,3-6,9-12,14H2,1-2H3,(H,20,24)(H,21,23). The van der Waals surface area contributed by atoms with Crippen LogP contribution in [-0.4, -0.2) is 58.9 Å². The van der Waals surface area contributed by atoms with Crippen LogP contribution in [0.4, 0.5) is 11.4 Å². The second-order valence-corrected chi connectivity index (χ2v) is 6.36. The van der Waals surface area contributed by atoms with Crippen LogP contribution in [0, 0.1) is 0 Å². The molecule has 26 heavy (non-hydrogen) atoms. The number of carbonyl (C=O) groups is 2. The maximum absolute atomic E-state index is 12.7. The molecule has 7 nitrogen and oxygen atoms in total. The van der Waals surface area contributed by atoms with Gasteiger partial charge in [-0.2, -0.15) is 0 Å². The van der Waals surface area contributed by atoms with E-state index in [2.05, 4.69) is 15.5 Å². The van der Waals surface area contributed by atoms with Gasteiger partial charge in [0.15, 0.2) is 0 Å². The van der Waals surface area contributed by atoms with Gasteiger partial charge in [-0.3, -0.25) is 9.59 Å². The molecule has 1 heterocycles. The van der Waals surface area contributed by atoms with Gasteiger partial charge in [0.25, 0.3) is 5.91 Å². The number of methoxy groups -OCH3 is 2. The van der Waals surface area contributed by atoms with Crippen LogP contribution in [0.15, 0.2) is 18.2 Å². The molecule has 0 atom stereocenters. The topological polar surface area (TPSA) is 79.9 Å². The lowest BCUT2D eigenvalue weighted by Crippen LogP contribution is -2.33. The quantitative estimate of drug-likeness (QED) is 0.656. The maximum atomic E-state index is 12.7. The molecule has 1 aromatic rings. The molecule has 0 aromatic heterocycles. The fourth-order valence-corrected chi connectivity index (χ4v) is 3.05. The lowest BCUT2D eigenvalue weighted by Gasteiger charge is -2.30. The number of anilines is 2. The smallest absolute Gasteiger partial charge is 0.253 e. The number of amides is 2. The van der Waals surface area contributed by atoms with Crippen molar-refractivity contribution in [3.63, 3.8) is 0 Å². The molecule has 1 fully saturated rings. The normalized spacial score (nSPS) is 14.2. The monoisotopic (exact) mass is 363 g/mol. The minimum Gasteiger partial charge on any atom is -0.385 e. The summed E-state index contributed by atoms with van der Waals surface area (Å²) in [4.78, 5) is 26.7. The lowest BCUT2D eigenvalue weighted by atomic mass is 10.1. The summed E-state index contributed by atoms with van der Waals surface area (Å²) in [5.41, 5.74) is 2.09. The first-order valence-corrected chi connectivity index (χ1v) is 9.10. The number of piperidine rings is 1. The molecule has 1 saturated heterocycles. The largest absolute Gasteiger partial charge is 0.385 e. The van der Waals surface area contributed by atoms with Crippen LogP contribution < -0.4 is 15.5 Å². The van der Waals surface area contributed by atoms with Gasteiger partial charge >= 0.3 is 0 Å².